The summed E-state index contributed by atoms with van der Waals surface area (Å²) < 4.78 is 1.40. The van der Waals surface area contributed by atoms with E-state index in [2.05, 4.69) is 12.1 Å². The lowest BCUT2D eigenvalue weighted by Gasteiger charge is -2.38. The Labute approximate surface area is 129 Å². The Morgan fingerprint density at radius 1 is 1.05 bits per heavy atom. The van der Waals surface area contributed by atoms with Crippen LogP contribution in [0.4, 0.5) is 0 Å². The van der Waals surface area contributed by atoms with Crippen LogP contribution in [0.1, 0.15) is 37.2 Å². The lowest BCUT2D eigenvalue weighted by Crippen LogP contribution is -2.49. The third kappa shape index (κ3) is 2.45. The molecule has 0 spiro atoms. The van der Waals surface area contributed by atoms with E-state index in [-0.39, 0.29) is 5.56 Å². The molecular weight excluding hydrogens is 278 g/mol. The summed E-state index contributed by atoms with van der Waals surface area (Å²) in [7, 11) is 0. The molecule has 1 fully saturated rings. The zero-order chi connectivity index (χ0) is 15.6. The first kappa shape index (κ1) is 14.6. The molecule has 0 aliphatic heterocycles. The summed E-state index contributed by atoms with van der Waals surface area (Å²) in [6.45, 7) is 0. The van der Waals surface area contributed by atoms with Crippen molar-refractivity contribution in [3.8, 4) is 0 Å². The van der Waals surface area contributed by atoms with Crippen LogP contribution in [0.5, 0.6) is 0 Å². The predicted octanol–water partition coefficient (Wildman–Crippen LogP) is 2.99. The van der Waals surface area contributed by atoms with Gasteiger partial charge in [0.2, 0.25) is 0 Å². The summed E-state index contributed by atoms with van der Waals surface area (Å²) >= 11 is 0. The minimum Gasteiger partial charge on any atom is -0.479 e. The van der Waals surface area contributed by atoms with Crippen LogP contribution in [0.3, 0.4) is 0 Å². The summed E-state index contributed by atoms with van der Waals surface area (Å²) in [5.41, 5.74) is -0.103. The van der Waals surface area contributed by atoms with E-state index in [0.717, 1.165) is 12.8 Å². The van der Waals surface area contributed by atoms with Crippen molar-refractivity contribution >= 4 is 5.97 Å². The Morgan fingerprint density at radius 3 is 2.27 bits per heavy atom. The molecule has 1 heterocycles. The minimum atomic E-state index is -1.11. The van der Waals surface area contributed by atoms with E-state index in [9.17, 15) is 14.7 Å². The number of pyridine rings is 1. The summed E-state index contributed by atoms with van der Waals surface area (Å²) in [4.78, 5) is 24.0. The van der Waals surface area contributed by atoms with Crippen LogP contribution in [0.2, 0.25) is 0 Å². The smallest absolute Gasteiger partial charge is 0.329 e. The number of carbonyl (C=O) groups is 1. The molecule has 1 saturated carbocycles. The first-order chi connectivity index (χ1) is 10.6. The van der Waals surface area contributed by atoms with Crippen LogP contribution in [0.15, 0.2) is 59.5 Å². The van der Waals surface area contributed by atoms with Crippen molar-refractivity contribution in [1.29, 1.82) is 0 Å². The number of carboxylic acids is 1. The molecule has 114 valence electrons. The number of aromatic nitrogens is 1. The fraction of sp³-hybridized carbons (Fsp3) is 0.333. The Bertz CT molecular complexity index is 712. The van der Waals surface area contributed by atoms with Gasteiger partial charge in [-0.15, -0.1) is 0 Å². The molecule has 1 aliphatic rings. The minimum absolute atomic E-state index is 0.247. The van der Waals surface area contributed by atoms with E-state index in [4.69, 9.17) is 0 Å². The van der Waals surface area contributed by atoms with E-state index in [1.807, 2.05) is 18.2 Å². The Hall–Kier alpha value is -2.36. The second-order valence-corrected chi connectivity index (χ2v) is 5.93. The fourth-order valence-electron chi connectivity index (χ4n) is 3.49. The van der Waals surface area contributed by atoms with E-state index >= 15 is 0 Å². The standard InChI is InChI=1S/C18H19NO3/c20-16-8-4-5-13-19(16)18(17(21)22)11-9-15(10-12-18)14-6-2-1-3-7-14/h1-8,13,15H,9-12H2,(H,21,22). The van der Waals surface area contributed by atoms with Crippen LogP contribution in [0.25, 0.3) is 0 Å². The molecule has 0 amide bonds. The molecule has 1 aromatic heterocycles. The molecule has 1 N–H and O–H groups in total. The van der Waals surface area contributed by atoms with Crippen molar-refractivity contribution in [2.24, 2.45) is 0 Å². The van der Waals surface area contributed by atoms with Gasteiger partial charge < -0.3 is 5.11 Å². The molecule has 0 unspecified atom stereocenters. The molecule has 1 aromatic carbocycles. The van der Waals surface area contributed by atoms with Crippen molar-refractivity contribution in [1.82, 2.24) is 4.57 Å². The molecule has 3 rings (SSSR count). The molecule has 0 radical (unpaired) electrons. The third-order valence-corrected chi connectivity index (χ3v) is 4.77. The number of hydrogen-bond donors (Lipinski definition) is 1. The summed E-state index contributed by atoms with van der Waals surface area (Å²) in [6, 6.07) is 15.0. The van der Waals surface area contributed by atoms with Crippen molar-refractivity contribution in [3.63, 3.8) is 0 Å². The van der Waals surface area contributed by atoms with Crippen LogP contribution in [-0.4, -0.2) is 15.6 Å². The van der Waals surface area contributed by atoms with Gasteiger partial charge in [0.1, 0.15) is 5.54 Å². The van der Waals surface area contributed by atoms with Crippen LogP contribution in [0, 0.1) is 0 Å². The van der Waals surface area contributed by atoms with Crippen LogP contribution >= 0.6 is 0 Å². The Kier molecular flexibility index (Phi) is 3.84. The number of aliphatic carboxylic acids is 1. The highest BCUT2D eigenvalue weighted by Crippen LogP contribution is 2.41. The van der Waals surface area contributed by atoms with Crippen molar-refractivity contribution in [2.75, 3.05) is 0 Å². The molecular formula is C18H19NO3. The number of rotatable bonds is 3. The van der Waals surface area contributed by atoms with Crippen molar-refractivity contribution in [2.45, 2.75) is 37.1 Å². The lowest BCUT2D eigenvalue weighted by molar-refractivity contribution is -0.149. The molecule has 1 aliphatic carbocycles. The van der Waals surface area contributed by atoms with Gasteiger partial charge in [-0.25, -0.2) is 4.79 Å². The summed E-state index contributed by atoms with van der Waals surface area (Å²) in [6.07, 6.45) is 4.10. The topological polar surface area (TPSA) is 59.3 Å². The highest BCUT2D eigenvalue weighted by molar-refractivity contribution is 5.77. The van der Waals surface area contributed by atoms with Gasteiger partial charge in [0.05, 0.1) is 0 Å². The van der Waals surface area contributed by atoms with Gasteiger partial charge >= 0.3 is 5.97 Å². The molecule has 4 heteroatoms. The van der Waals surface area contributed by atoms with Gasteiger partial charge in [-0.1, -0.05) is 36.4 Å². The second-order valence-electron chi connectivity index (χ2n) is 5.93. The zero-order valence-electron chi connectivity index (χ0n) is 12.3. The van der Waals surface area contributed by atoms with Crippen LogP contribution < -0.4 is 5.56 Å². The Morgan fingerprint density at radius 2 is 1.68 bits per heavy atom. The quantitative estimate of drug-likeness (QED) is 0.947. The molecule has 0 bridgehead atoms. The maximum atomic E-state index is 12.1. The first-order valence-corrected chi connectivity index (χ1v) is 7.60. The van der Waals surface area contributed by atoms with Crippen molar-refractivity contribution < 1.29 is 9.90 Å². The first-order valence-electron chi connectivity index (χ1n) is 7.60. The average molecular weight is 297 g/mol. The molecule has 2 aromatic rings. The number of benzene rings is 1. The number of nitrogens with zero attached hydrogens (tertiary/aromatic N) is 1. The second kappa shape index (κ2) is 5.79. The highest BCUT2D eigenvalue weighted by atomic mass is 16.4. The monoisotopic (exact) mass is 297 g/mol. The zero-order valence-corrected chi connectivity index (χ0v) is 12.3. The number of hydrogen-bond acceptors (Lipinski definition) is 2. The van der Waals surface area contributed by atoms with E-state index in [1.54, 1.807) is 18.3 Å². The SMILES string of the molecule is O=C(O)C1(n2ccccc2=O)CCC(c2ccccc2)CC1. The van der Waals surface area contributed by atoms with Gasteiger partial charge in [-0.3, -0.25) is 9.36 Å². The van der Waals surface area contributed by atoms with E-state index in [0.29, 0.717) is 18.8 Å². The van der Waals surface area contributed by atoms with Gasteiger partial charge in [-0.2, -0.15) is 0 Å². The van der Waals surface area contributed by atoms with E-state index in [1.165, 1.54) is 16.2 Å². The largest absolute Gasteiger partial charge is 0.479 e. The van der Waals surface area contributed by atoms with Crippen molar-refractivity contribution in [3.05, 3.63) is 70.6 Å². The lowest BCUT2D eigenvalue weighted by atomic mass is 9.74. The third-order valence-electron chi connectivity index (χ3n) is 4.77. The predicted molar refractivity (Wildman–Crippen MR) is 84.0 cm³/mol. The molecule has 4 nitrogen and oxygen atoms in total. The van der Waals surface area contributed by atoms with Gasteiger partial charge in [-0.05, 0) is 43.2 Å². The maximum Gasteiger partial charge on any atom is 0.329 e. The molecule has 0 saturated heterocycles. The normalized spacial score (nSPS) is 24.8. The van der Waals surface area contributed by atoms with E-state index < -0.39 is 11.5 Å². The van der Waals surface area contributed by atoms with Gasteiger partial charge in [0, 0.05) is 12.3 Å². The average Bonchev–Trinajstić information content (AvgIpc) is 2.56. The van der Waals surface area contributed by atoms with Crippen LogP contribution in [-0.2, 0) is 10.3 Å². The summed E-state index contributed by atoms with van der Waals surface area (Å²) in [5, 5.41) is 9.76. The fourth-order valence-corrected chi connectivity index (χ4v) is 3.49. The summed E-state index contributed by atoms with van der Waals surface area (Å²) in [5.74, 6) is -0.541. The Balaban J connectivity index is 1.89. The molecule has 0 atom stereocenters. The maximum absolute atomic E-state index is 12.1. The van der Waals surface area contributed by atoms with Gasteiger partial charge in [0.25, 0.3) is 5.56 Å². The molecule has 22 heavy (non-hydrogen) atoms. The highest BCUT2D eigenvalue weighted by Gasteiger charge is 2.44. The number of carboxylic acid groups (broad SMARTS) is 1. The van der Waals surface area contributed by atoms with Gasteiger partial charge in [0.15, 0.2) is 0 Å².